The Morgan fingerprint density at radius 3 is 2.50 bits per heavy atom. The molecule has 142 valence electrons. The highest BCUT2D eigenvalue weighted by atomic mass is 16.3. The van der Waals surface area contributed by atoms with Crippen molar-refractivity contribution in [2.45, 2.75) is 33.1 Å². The van der Waals surface area contributed by atoms with E-state index >= 15 is 0 Å². The van der Waals surface area contributed by atoms with Crippen molar-refractivity contribution >= 4 is 22.7 Å². The van der Waals surface area contributed by atoms with Crippen LogP contribution in [0.15, 0.2) is 59.3 Å². The highest BCUT2D eigenvalue weighted by molar-refractivity contribution is 6.05. The van der Waals surface area contributed by atoms with Gasteiger partial charge in [-0.1, -0.05) is 20.8 Å². The van der Waals surface area contributed by atoms with Crippen LogP contribution in [0.2, 0.25) is 0 Å². The number of benzene rings is 2. The molecule has 0 aliphatic carbocycles. The van der Waals surface area contributed by atoms with Gasteiger partial charge in [-0.3, -0.25) is 4.79 Å². The molecule has 0 atom stereocenters. The van der Waals surface area contributed by atoms with E-state index in [0.29, 0.717) is 22.7 Å². The van der Waals surface area contributed by atoms with Crippen molar-refractivity contribution in [1.82, 2.24) is 14.8 Å². The number of rotatable bonds is 3. The zero-order chi connectivity index (χ0) is 19.9. The predicted molar refractivity (Wildman–Crippen MR) is 109 cm³/mol. The number of aromatic nitrogens is 3. The topological polar surface area (TPSA) is 73.0 Å². The van der Waals surface area contributed by atoms with Gasteiger partial charge < -0.3 is 9.73 Å². The van der Waals surface area contributed by atoms with Crippen molar-refractivity contribution in [2.75, 3.05) is 5.32 Å². The quantitative estimate of drug-likeness (QED) is 0.555. The van der Waals surface area contributed by atoms with Gasteiger partial charge in [0.1, 0.15) is 5.52 Å². The molecule has 0 aliphatic heterocycles. The van der Waals surface area contributed by atoms with Crippen LogP contribution in [0.5, 0.6) is 0 Å². The van der Waals surface area contributed by atoms with Crippen molar-refractivity contribution < 1.29 is 9.21 Å². The Morgan fingerprint density at radius 2 is 1.86 bits per heavy atom. The molecular formula is C22H22N4O2. The predicted octanol–water partition coefficient (Wildman–Crippen LogP) is 4.87. The molecule has 0 aliphatic rings. The van der Waals surface area contributed by atoms with Crippen molar-refractivity contribution in [3.05, 3.63) is 71.9 Å². The molecule has 28 heavy (non-hydrogen) atoms. The lowest BCUT2D eigenvalue weighted by Gasteiger charge is -2.11. The fraction of sp³-hybridized carbons (Fsp3) is 0.227. The lowest BCUT2D eigenvalue weighted by atomic mass is 9.97. The monoisotopic (exact) mass is 374 g/mol. The summed E-state index contributed by atoms with van der Waals surface area (Å²) in [4.78, 5) is 17.1. The Kier molecular flexibility index (Phi) is 4.26. The lowest BCUT2D eigenvalue weighted by molar-refractivity contribution is 0.102. The molecular weight excluding hydrogens is 352 g/mol. The van der Waals surface area contributed by atoms with Crippen LogP contribution in [-0.2, 0) is 5.41 Å². The van der Waals surface area contributed by atoms with E-state index in [2.05, 4.69) is 36.2 Å². The molecule has 1 amide bonds. The Labute approximate surface area is 163 Å². The van der Waals surface area contributed by atoms with E-state index in [4.69, 9.17) is 4.42 Å². The molecule has 0 saturated carbocycles. The Hall–Kier alpha value is -3.41. The Balaban J connectivity index is 1.53. The Morgan fingerprint density at radius 1 is 1.11 bits per heavy atom. The summed E-state index contributed by atoms with van der Waals surface area (Å²) in [7, 11) is 0. The number of hydrogen-bond donors (Lipinski definition) is 1. The van der Waals surface area contributed by atoms with Crippen molar-refractivity contribution in [2.24, 2.45) is 0 Å². The van der Waals surface area contributed by atoms with Gasteiger partial charge in [0.2, 0.25) is 5.89 Å². The lowest BCUT2D eigenvalue weighted by Crippen LogP contribution is -2.12. The van der Waals surface area contributed by atoms with Crippen LogP contribution in [-0.4, -0.2) is 20.7 Å². The SMILES string of the molecule is Cc1cnn(-c2ccc(C(=O)Nc3ccc4oc(C(C)(C)C)nc4c3)cc2)c1. The summed E-state index contributed by atoms with van der Waals surface area (Å²) in [5, 5.41) is 7.20. The van der Waals surface area contributed by atoms with E-state index in [1.54, 1.807) is 23.0 Å². The molecule has 6 heteroatoms. The van der Waals surface area contributed by atoms with Crippen molar-refractivity contribution in [3.63, 3.8) is 0 Å². The van der Waals surface area contributed by atoms with E-state index in [9.17, 15) is 4.79 Å². The number of oxazole rings is 1. The van der Waals surface area contributed by atoms with Gasteiger partial charge in [0.05, 0.1) is 11.9 Å². The number of carbonyl (C=O) groups is 1. The molecule has 0 spiro atoms. The number of hydrogen-bond acceptors (Lipinski definition) is 4. The fourth-order valence-electron chi connectivity index (χ4n) is 2.85. The average Bonchev–Trinajstić information content (AvgIpc) is 3.27. The van der Waals surface area contributed by atoms with Crippen LogP contribution in [0.1, 0.15) is 42.6 Å². The molecule has 1 N–H and O–H groups in total. The second kappa shape index (κ2) is 6.64. The van der Waals surface area contributed by atoms with E-state index in [1.165, 1.54) is 0 Å². The van der Waals surface area contributed by atoms with Gasteiger partial charge in [0.15, 0.2) is 5.58 Å². The minimum Gasteiger partial charge on any atom is -0.440 e. The van der Waals surface area contributed by atoms with E-state index in [1.807, 2.05) is 43.5 Å². The molecule has 0 unspecified atom stereocenters. The van der Waals surface area contributed by atoms with Crippen LogP contribution >= 0.6 is 0 Å². The van der Waals surface area contributed by atoms with Gasteiger partial charge >= 0.3 is 0 Å². The standard InChI is InChI=1S/C22H22N4O2/c1-14-12-23-26(13-14)17-8-5-15(6-9-17)20(27)24-16-7-10-19-18(11-16)25-21(28-19)22(2,3)4/h5-13H,1-4H3,(H,24,27). The van der Waals surface area contributed by atoms with Gasteiger partial charge in [-0.2, -0.15) is 5.10 Å². The third-order valence-corrected chi connectivity index (χ3v) is 4.39. The summed E-state index contributed by atoms with van der Waals surface area (Å²) in [6, 6.07) is 12.8. The number of fused-ring (bicyclic) bond motifs is 1. The van der Waals surface area contributed by atoms with Gasteiger partial charge in [-0.15, -0.1) is 0 Å². The van der Waals surface area contributed by atoms with Crippen molar-refractivity contribution in [3.8, 4) is 5.69 Å². The third kappa shape index (κ3) is 3.53. The average molecular weight is 374 g/mol. The molecule has 0 radical (unpaired) electrons. The maximum Gasteiger partial charge on any atom is 0.255 e. The summed E-state index contributed by atoms with van der Waals surface area (Å²) in [5.74, 6) is 0.498. The number of nitrogens with one attached hydrogen (secondary N) is 1. The zero-order valence-corrected chi connectivity index (χ0v) is 16.4. The normalized spacial score (nSPS) is 11.7. The summed E-state index contributed by atoms with van der Waals surface area (Å²) in [6.07, 6.45) is 3.74. The molecule has 4 aromatic rings. The summed E-state index contributed by atoms with van der Waals surface area (Å²) in [5.41, 5.74) is 4.51. The number of aryl methyl sites for hydroxylation is 1. The first kappa shape index (κ1) is 18.0. The minimum atomic E-state index is -0.179. The zero-order valence-electron chi connectivity index (χ0n) is 16.4. The number of carbonyl (C=O) groups excluding carboxylic acids is 1. The first-order valence-electron chi connectivity index (χ1n) is 9.14. The van der Waals surface area contributed by atoms with E-state index < -0.39 is 0 Å². The maximum atomic E-state index is 12.6. The van der Waals surface area contributed by atoms with Gasteiger partial charge in [0, 0.05) is 22.9 Å². The second-order valence-corrected chi connectivity index (χ2v) is 7.91. The third-order valence-electron chi connectivity index (χ3n) is 4.39. The molecule has 4 rings (SSSR count). The minimum absolute atomic E-state index is 0.169. The summed E-state index contributed by atoms with van der Waals surface area (Å²) >= 11 is 0. The first-order valence-corrected chi connectivity index (χ1v) is 9.14. The first-order chi connectivity index (χ1) is 13.3. The van der Waals surface area contributed by atoms with Gasteiger partial charge in [-0.25, -0.2) is 9.67 Å². The number of amides is 1. The van der Waals surface area contributed by atoms with Crippen LogP contribution in [0, 0.1) is 6.92 Å². The number of nitrogens with zero attached hydrogens (tertiary/aromatic N) is 3. The molecule has 2 aromatic heterocycles. The van der Waals surface area contributed by atoms with E-state index in [0.717, 1.165) is 16.8 Å². The largest absolute Gasteiger partial charge is 0.440 e. The summed E-state index contributed by atoms with van der Waals surface area (Å²) < 4.78 is 7.58. The smallest absolute Gasteiger partial charge is 0.255 e. The van der Waals surface area contributed by atoms with E-state index in [-0.39, 0.29) is 11.3 Å². The molecule has 0 bridgehead atoms. The molecule has 0 saturated heterocycles. The highest BCUT2D eigenvalue weighted by Crippen LogP contribution is 2.27. The number of anilines is 1. The molecule has 2 heterocycles. The highest BCUT2D eigenvalue weighted by Gasteiger charge is 2.21. The molecule has 2 aromatic carbocycles. The fourth-order valence-corrected chi connectivity index (χ4v) is 2.85. The van der Waals surface area contributed by atoms with Gasteiger partial charge in [0.25, 0.3) is 5.91 Å². The summed E-state index contributed by atoms with van der Waals surface area (Å²) in [6.45, 7) is 8.14. The van der Waals surface area contributed by atoms with Crippen LogP contribution in [0.25, 0.3) is 16.8 Å². The van der Waals surface area contributed by atoms with Crippen LogP contribution in [0.3, 0.4) is 0 Å². The van der Waals surface area contributed by atoms with Crippen molar-refractivity contribution in [1.29, 1.82) is 0 Å². The molecule has 0 fully saturated rings. The van der Waals surface area contributed by atoms with Gasteiger partial charge in [-0.05, 0) is 55.0 Å². The van der Waals surface area contributed by atoms with Crippen LogP contribution in [0.4, 0.5) is 5.69 Å². The van der Waals surface area contributed by atoms with Crippen LogP contribution < -0.4 is 5.32 Å². The Bertz CT molecular complexity index is 1150. The maximum absolute atomic E-state index is 12.6. The second-order valence-electron chi connectivity index (χ2n) is 7.91. The molecule has 6 nitrogen and oxygen atoms in total.